The second-order valence-electron chi connectivity index (χ2n) is 1.63. The lowest BCUT2D eigenvalue weighted by Crippen LogP contribution is -2.23. The predicted molar refractivity (Wildman–Crippen MR) is 40.2 cm³/mol. The van der Waals surface area contributed by atoms with Gasteiger partial charge in [-0.15, -0.1) is 0 Å². The molecule has 0 fully saturated rings. The van der Waals surface area contributed by atoms with Gasteiger partial charge in [0.25, 0.3) is 0 Å². The first-order valence-corrected chi connectivity index (χ1v) is 3.80. The van der Waals surface area contributed by atoms with Gasteiger partial charge in [-0.3, -0.25) is 0 Å². The van der Waals surface area contributed by atoms with Crippen LogP contribution in [0.15, 0.2) is 0 Å². The fraction of sp³-hybridized carbons (Fsp3) is 0.800. The third kappa shape index (κ3) is 3.97. The average molecular weight is 264 g/mol. The molecule has 0 aliphatic heterocycles. The summed E-state index contributed by atoms with van der Waals surface area (Å²) in [5.74, 6) is -1.46. The van der Waals surface area contributed by atoms with Gasteiger partial charge in [-0.05, 0) is 6.42 Å². The van der Waals surface area contributed by atoms with Crippen molar-refractivity contribution >= 4 is 28.6 Å². The van der Waals surface area contributed by atoms with Crippen molar-refractivity contribution < 1.29 is 18.3 Å². The molecular formula is C5H7F2IO2. The minimum Gasteiger partial charge on any atom is -0.461 e. The average Bonchev–Trinajstić information content (AvgIpc) is 1.80. The van der Waals surface area contributed by atoms with Gasteiger partial charge in [0.2, 0.25) is 0 Å². The Labute approximate surface area is 71.1 Å². The number of carbonyl (C=O) groups excluding carboxylic acids is 1. The van der Waals surface area contributed by atoms with Crippen LogP contribution in [0, 0.1) is 0 Å². The van der Waals surface area contributed by atoms with Crippen LogP contribution >= 0.6 is 22.6 Å². The molecule has 0 aliphatic rings. The van der Waals surface area contributed by atoms with E-state index in [9.17, 15) is 13.6 Å². The van der Waals surface area contributed by atoms with Gasteiger partial charge in [0.15, 0.2) is 0 Å². The van der Waals surface area contributed by atoms with E-state index in [2.05, 4.69) is 4.74 Å². The van der Waals surface area contributed by atoms with Gasteiger partial charge in [-0.1, -0.05) is 6.92 Å². The molecule has 10 heavy (non-hydrogen) atoms. The van der Waals surface area contributed by atoms with Crippen LogP contribution in [0.5, 0.6) is 0 Å². The van der Waals surface area contributed by atoms with E-state index in [-0.39, 0.29) is 6.61 Å². The normalized spacial score (nSPS) is 11.2. The zero-order valence-electron chi connectivity index (χ0n) is 5.36. The van der Waals surface area contributed by atoms with Gasteiger partial charge in [0.05, 0.1) is 6.61 Å². The Balaban J connectivity index is 3.64. The summed E-state index contributed by atoms with van der Waals surface area (Å²) in [6, 6.07) is 0. The van der Waals surface area contributed by atoms with Crippen LogP contribution in [-0.4, -0.2) is 16.5 Å². The van der Waals surface area contributed by atoms with E-state index in [1.165, 1.54) is 0 Å². The lowest BCUT2D eigenvalue weighted by atomic mass is 10.5. The lowest BCUT2D eigenvalue weighted by Gasteiger charge is -2.06. The van der Waals surface area contributed by atoms with Gasteiger partial charge >= 0.3 is 9.90 Å². The highest BCUT2D eigenvalue weighted by molar-refractivity contribution is 14.1. The summed E-state index contributed by atoms with van der Waals surface area (Å²) in [5, 5.41) is 0. The Morgan fingerprint density at radius 1 is 1.70 bits per heavy atom. The van der Waals surface area contributed by atoms with Gasteiger partial charge in [0.1, 0.15) is 0 Å². The Morgan fingerprint density at radius 2 is 2.20 bits per heavy atom. The van der Waals surface area contributed by atoms with E-state index in [0.717, 1.165) is 22.6 Å². The topological polar surface area (TPSA) is 26.3 Å². The molecule has 0 atom stereocenters. The standard InChI is InChI=1S/C5H7F2IO2/c1-2-3-10-4(9)5(6,7)8/h2-3H2,1H3. The van der Waals surface area contributed by atoms with E-state index in [0.29, 0.717) is 6.42 Å². The van der Waals surface area contributed by atoms with Gasteiger partial charge < -0.3 is 4.74 Å². The fourth-order valence-electron chi connectivity index (χ4n) is 0.277. The molecule has 0 aliphatic carbocycles. The molecule has 0 radical (unpaired) electrons. The maximum Gasteiger partial charge on any atom is 0.390 e. The van der Waals surface area contributed by atoms with E-state index in [1.807, 2.05) is 0 Å². The molecule has 0 spiro atoms. The van der Waals surface area contributed by atoms with Crippen molar-refractivity contribution in [3.8, 4) is 0 Å². The molecule has 0 aromatic rings. The summed E-state index contributed by atoms with van der Waals surface area (Å²) in [5.41, 5.74) is 0. The number of carbonyl (C=O) groups is 1. The first kappa shape index (κ1) is 10.1. The van der Waals surface area contributed by atoms with Gasteiger partial charge in [0, 0.05) is 22.6 Å². The van der Waals surface area contributed by atoms with Crippen molar-refractivity contribution in [3.05, 3.63) is 0 Å². The van der Waals surface area contributed by atoms with Crippen LogP contribution in [0.2, 0.25) is 0 Å². The quantitative estimate of drug-likeness (QED) is 0.442. The van der Waals surface area contributed by atoms with Crippen LogP contribution in [0.3, 0.4) is 0 Å². The first-order valence-electron chi connectivity index (χ1n) is 2.72. The molecule has 0 aromatic carbocycles. The van der Waals surface area contributed by atoms with Crippen LogP contribution in [0.4, 0.5) is 8.78 Å². The number of rotatable bonds is 3. The van der Waals surface area contributed by atoms with E-state index in [1.54, 1.807) is 6.92 Å². The molecule has 2 nitrogen and oxygen atoms in total. The van der Waals surface area contributed by atoms with E-state index in [4.69, 9.17) is 0 Å². The molecule has 60 valence electrons. The number of esters is 1. The third-order valence-corrected chi connectivity index (χ3v) is 1.11. The van der Waals surface area contributed by atoms with Crippen LogP contribution in [0.1, 0.15) is 13.3 Å². The van der Waals surface area contributed by atoms with Crippen molar-refractivity contribution in [2.45, 2.75) is 17.3 Å². The Bertz CT molecular complexity index is 121. The largest absolute Gasteiger partial charge is 0.461 e. The smallest absolute Gasteiger partial charge is 0.390 e. The predicted octanol–water partition coefficient (Wildman–Crippen LogP) is 1.97. The summed E-state index contributed by atoms with van der Waals surface area (Å²) < 4.78 is 24.7. The summed E-state index contributed by atoms with van der Waals surface area (Å²) in [4.78, 5) is 10.2. The van der Waals surface area contributed by atoms with E-state index >= 15 is 0 Å². The Hall–Kier alpha value is 0.0600. The number of hydrogen-bond acceptors (Lipinski definition) is 2. The lowest BCUT2D eigenvalue weighted by molar-refractivity contribution is -0.158. The second-order valence-corrected chi connectivity index (χ2v) is 2.99. The summed E-state index contributed by atoms with van der Waals surface area (Å²) in [6.45, 7) is 1.79. The molecule has 0 N–H and O–H groups in total. The first-order chi connectivity index (χ1) is 4.48. The van der Waals surface area contributed by atoms with Crippen LogP contribution in [0.25, 0.3) is 0 Å². The van der Waals surface area contributed by atoms with Crippen LogP contribution in [-0.2, 0) is 9.53 Å². The molecule has 0 amide bonds. The van der Waals surface area contributed by atoms with Crippen molar-refractivity contribution in [3.63, 3.8) is 0 Å². The monoisotopic (exact) mass is 264 g/mol. The minimum absolute atomic E-state index is 0.0530. The molecule has 0 rings (SSSR count). The number of ether oxygens (including phenoxy) is 1. The van der Waals surface area contributed by atoms with Crippen molar-refractivity contribution in [2.24, 2.45) is 0 Å². The van der Waals surface area contributed by atoms with Gasteiger partial charge in [-0.25, -0.2) is 4.79 Å². The van der Waals surface area contributed by atoms with Crippen molar-refractivity contribution in [1.29, 1.82) is 0 Å². The van der Waals surface area contributed by atoms with Gasteiger partial charge in [-0.2, -0.15) is 8.78 Å². The highest BCUT2D eigenvalue weighted by Gasteiger charge is 2.36. The zero-order valence-corrected chi connectivity index (χ0v) is 7.52. The van der Waals surface area contributed by atoms with E-state index < -0.39 is 9.90 Å². The molecule has 0 saturated heterocycles. The molecule has 0 heterocycles. The number of hydrogen-bond donors (Lipinski definition) is 0. The highest BCUT2D eigenvalue weighted by atomic mass is 127. The summed E-state index contributed by atoms with van der Waals surface area (Å²) >= 11 is 0.734. The van der Waals surface area contributed by atoms with Crippen LogP contribution < -0.4 is 0 Å². The maximum absolute atomic E-state index is 12.0. The molecular weight excluding hydrogens is 257 g/mol. The molecule has 0 saturated carbocycles. The number of halogens is 3. The molecule has 0 bridgehead atoms. The summed E-state index contributed by atoms with van der Waals surface area (Å²) in [6.07, 6.45) is 0.554. The third-order valence-electron chi connectivity index (χ3n) is 0.669. The van der Waals surface area contributed by atoms with Crippen molar-refractivity contribution in [1.82, 2.24) is 0 Å². The minimum atomic E-state index is -3.38. The zero-order chi connectivity index (χ0) is 8.20. The second kappa shape index (κ2) is 4.05. The fourth-order valence-corrected chi connectivity index (χ4v) is 0.432. The highest BCUT2D eigenvalue weighted by Crippen LogP contribution is 2.23. The van der Waals surface area contributed by atoms with Crippen molar-refractivity contribution in [2.75, 3.05) is 6.61 Å². The maximum atomic E-state index is 12.0. The molecule has 0 aromatic heterocycles. The Morgan fingerprint density at radius 3 is 2.50 bits per heavy atom. The Kier molecular flexibility index (Phi) is 4.07. The SMILES string of the molecule is CCCOC(=O)C(F)(F)I. The molecule has 0 unspecified atom stereocenters. The summed E-state index contributed by atoms with van der Waals surface area (Å²) in [7, 11) is 0. The number of alkyl halides is 3. The molecule has 5 heteroatoms.